The molecule has 0 radical (unpaired) electrons. The summed E-state index contributed by atoms with van der Waals surface area (Å²) in [5, 5.41) is 3.02. The van der Waals surface area contributed by atoms with Crippen LogP contribution in [0.15, 0.2) is 24.3 Å². The zero-order chi connectivity index (χ0) is 16.2. The molecule has 0 spiro atoms. The molecule has 1 fully saturated rings. The van der Waals surface area contributed by atoms with Gasteiger partial charge in [-0.05, 0) is 51.3 Å². The molecule has 2 unspecified atom stereocenters. The van der Waals surface area contributed by atoms with Gasteiger partial charge in [-0.2, -0.15) is 0 Å². The Morgan fingerprint density at radius 1 is 1.35 bits per heavy atom. The fraction of sp³-hybridized carbons (Fsp3) is 0.611. The van der Waals surface area contributed by atoms with Gasteiger partial charge in [0.15, 0.2) is 0 Å². The molecule has 3 N–H and O–H groups in total. The Morgan fingerprint density at radius 3 is 2.57 bits per heavy atom. The van der Waals surface area contributed by atoms with E-state index in [-0.39, 0.29) is 35.9 Å². The Kier molecular flexibility index (Phi) is 7.36. The minimum atomic E-state index is -0.378. The number of nitrogens with one attached hydrogen (secondary N) is 1. The summed E-state index contributed by atoms with van der Waals surface area (Å²) < 4.78 is 5.61. The standard InChI is InChI=1S/C18H28N2O2.ClH/c1-13(2)22-15-9-7-14(8-10-15)12-20-17(21)16-6-4-5-11-18(16,3)19;/h7-10,13,16H,4-6,11-12,19H2,1-3H3,(H,20,21);1H. The van der Waals surface area contributed by atoms with E-state index >= 15 is 0 Å². The van der Waals surface area contributed by atoms with E-state index in [2.05, 4.69) is 5.32 Å². The van der Waals surface area contributed by atoms with Crippen molar-refractivity contribution in [2.75, 3.05) is 0 Å². The van der Waals surface area contributed by atoms with Gasteiger partial charge in [0.2, 0.25) is 5.91 Å². The molecule has 2 rings (SSSR count). The maximum absolute atomic E-state index is 12.4. The van der Waals surface area contributed by atoms with Gasteiger partial charge in [0.25, 0.3) is 0 Å². The summed E-state index contributed by atoms with van der Waals surface area (Å²) in [6.45, 7) is 6.53. The number of nitrogens with two attached hydrogens (primary N) is 1. The lowest BCUT2D eigenvalue weighted by atomic mass is 9.74. The van der Waals surface area contributed by atoms with Crippen LogP contribution in [0.1, 0.15) is 52.0 Å². The molecular formula is C18H29ClN2O2. The number of ether oxygens (including phenoxy) is 1. The van der Waals surface area contributed by atoms with Crippen LogP contribution in [-0.4, -0.2) is 17.6 Å². The second-order valence-corrected chi connectivity index (χ2v) is 6.83. The van der Waals surface area contributed by atoms with Gasteiger partial charge in [-0.1, -0.05) is 25.0 Å². The Hall–Kier alpha value is -1.26. The smallest absolute Gasteiger partial charge is 0.225 e. The third-order valence-corrected chi connectivity index (χ3v) is 4.33. The van der Waals surface area contributed by atoms with Crippen LogP contribution in [-0.2, 0) is 11.3 Å². The highest BCUT2D eigenvalue weighted by molar-refractivity contribution is 5.85. The largest absolute Gasteiger partial charge is 0.491 e. The quantitative estimate of drug-likeness (QED) is 0.863. The number of benzene rings is 1. The molecule has 23 heavy (non-hydrogen) atoms. The van der Waals surface area contributed by atoms with Gasteiger partial charge < -0.3 is 15.8 Å². The van der Waals surface area contributed by atoms with Crippen molar-refractivity contribution in [2.24, 2.45) is 11.7 Å². The van der Waals surface area contributed by atoms with Gasteiger partial charge >= 0.3 is 0 Å². The number of hydrogen-bond acceptors (Lipinski definition) is 3. The van der Waals surface area contributed by atoms with Crippen molar-refractivity contribution >= 4 is 18.3 Å². The van der Waals surface area contributed by atoms with Crippen LogP contribution >= 0.6 is 12.4 Å². The van der Waals surface area contributed by atoms with Crippen LogP contribution in [0.3, 0.4) is 0 Å². The first-order valence-corrected chi connectivity index (χ1v) is 8.20. The predicted molar refractivity (Wildman–Crippen MR) is 95.9 cm³/mol. The molecule has 1 amide bonds. The van der Waals surface area contributed by atoms with Crippen LogP contribution < -0.4 is 15.8 Å². The number of halogens is 1. The molecular weight excluding hydrogens is 312 g/mol. The van der Waals surface area contributed by atoms with E-state index in [1.165, 1.54) is 0 Å². The Labute approximate surface area is 145 Å². The van der Waals surface area contributed by atoms with Crippen molar-refractivity contribution in [1.29, 1.82) is 0 Å². The molecule has 1 saturated carbocycles. The van der Waals surface area contributed by atoms with Crippen molar-refractivity contribution in [2.45, 2.75) is 64.6 Å². The number of hydrogen-bond donors (Lipinski definition) is 2. The maximum atomic E-state index is 12.4. The molecule has 0 aromatic heterocycles. The van der Waals surface area contributed by atoms with Crippen molar-refractivity contribution in [3.8, 4) is 5.75 Å². The first-order chi connectivity index (χ1) is 10.4. The molecule has 1 aliphatic carbocycles. The number of amides is 1. The molecule has 130 valence electrons. The normalized spacial score (nSPS) is 24.0. The lowest BCUT2D eigenvalue weighted by Gasteiger charge is -2.37. The van der Waals surface area contributed by atoms with Crippen LogP contribution in [0.2, 0.25) is 0 Å². The summed E-state index contributed by atoms with van der Waals surface area (Å²) in [6, 6.07) is 7.85. The molecule has 0 saturated heterocycles. The molecule has 5 heteroatoms. The summed E-state index contributed by atoms with van der Waals surface area (Å²) >= 11 is 0. The zero-order valence-electron chi connectivity index (χ0n) is 14.3. The first-order valence-electron chi connectivity index (χ1n) is 8.20. The number of rotatable bonds is 5. The zero-order valence-corrected chi connectivity index (χ0v) is 15.1. The van der Waals surface area contributed by atoms with Crippen LogP contribution in [0, 0.1) is 5.92 Å². The summed E-state index contributed by atoms with van der Waals surface area (Å²) in [7, 11) is 0. The summed E-state index contributed by atoms with van der Waals surface area (Å²) in [4.78, 5) is 12.4. The van der Waals surface area contributed by atoms with Gasteiger partial charge in [0.05, 0.1) is 12.0 Å². The SMILES string of the molecule is CC(C)Oc1ccc(CNC(=O)C2CCCCC2(C)N)cc1.Cl. The van der Waals surface area contributed by atoms with E-state index in [9.17, 15) is 4.79 Å². The second-order valence-electron chi connectivity index (χ2n) is 6.83. The van der Waals surface area contributed by atoms with Gasteiger partial charge in [0.1, 0.15) is 5.75 Å². The average Bonchev–Trinajstić information content (AvgIpc) is 2.45. The summed E-state index contributed by atoms with van der Waals surface area (Å²) in [5.41, 5.74) is 6.97. The highest BCUT2D eigenvalue weighted by Crippen LogP contribution is 2.31. The van der Waals surface area contributed by atoms with Crippen LogP contribution in [0.25, 0.3) is 0 Å². The molecule has 0 bridgehead atoms. The number of carbonyl (C=O) groups is 1. The van der Waals surface area contributed by atoms with Crippen molar-refractivity contribution in [3.05, 3.63) is 29.8 Å². The molecule has 1 aromatic rings. The van der Waals surface area contributed by atoms with Gasteiger partial charge in [0, 0.05) is 12.1 Å². The highest BCUT2D eigenvalue weighted by atomic mass is 35.5. The van der Waals surface area contributed by atoms with E-state index in [4.69, 9.17) is 10.5 Å². The topological polar surface area (TPSA) is 64.3 Å². The van der Waals surface area contributed by atoms with Crippen molar-refractivity contribution in [1.82, 2.24) is 5.32 Å². The van der Waals surface area contributed by atoms with E-state index in [0.717, 1.165) is 37.0 Å². The van der Waals surface area contributed by atoms with Crippen LogP contribution in [0.5, 0.6) is 5.75 Å². The molecule has 0 aliphatic heterocycles. The third-order valence-electron chi connectivity index (χ3n) is 4.33. The highest BCUT2D eigenvalue weighted by Gasteiger charge is 2.37. The van der Waals surface area contributed by atoms with Crippen LogP contribution in [0.4, 0.5) is 0 Å². The van der Waals surface area contributed by atoms with Crippen molar-refractivity contribution < 1.29 is 9.53 Å². The minimum Gasteiger partial charge on any atom is -0.491 e. The van der Waals surface area contributed by atoms with Crippen molar-refractivity contribution in [3.63, 3.8) is 0 Å². The molecule has 1 aromatic carbocycles. The molecule has 2 atom stereocenters. The second kappa shape index (κ2) is 8.55. The Morgan fingerprint density at radius 2 is 2.00 bits per heavy atom. The first kappa shape index (κ1) is 19.8. The maximum Gasteiger partial charge on any atom is 0.225 e. The molecule has 1 aliphatic rings. The monoisotopic (exact) mass is 340 g/mol. The number of carbonyl (C=O) groups excluding carboxylic acids is 1. The summed E-state index contributed by atoms with van der Waals surface area (Å²) in [5.74, 6) is 0.851. The van der Waals surface area contributed by atoms with Gasteiger partial charge in [-0.15, -0.1) is 12.4 Å². The predicted octanol–water partition coefficient (Wildman–Crippen LogP) is 3.42. The summed E-state index contributed by atoms with van der Waals surface area (Å²) in [6.07, 6.45) is 4.19. The Bertz CT molecular complexity index is 500. The fourth-order valence-corrected chi connectivity index (χ4v) is 3.06. The molecule has 4 nitrogen and oxygen atoms in total. The van der Waals surface area contributed by atoms with Gasteiger partial charge in [-0.25, -0.2) is 0 Å². The van der Waals surface area contributed by atoms with E-state index in [1.54, 1.807) is 0 Å². The van der Waals surface area contributed by atoms with E-state index < -0.39 is 0 Å². The Balaban J connectivity index is 0.00000264. The van der Waals surface area contributed by atoms with E-state index in [0.29, 0.717) is 6.54 Å². The van der Waals surface area contributed by atoms with E-state index in [1.807, 2.05) is 45.0 Å². The third kappa shape index (κ3) is 5.70. The van der Waals surface area contributed by atoms with Gasteiger partial charge in [-0.3, -0.25) is 4.79 Å². The molecule has 0 heterocycles. The minimum absolute atomic E-state index is 0. The fourth-order valence-electron chi connectivity index (χ4n) is 3.06. The lowest BCUT2D eigenvalue weighted by Crippen LogP contribution is -2.52. The lowest BCUT2D eigenvalue weighted by molar-refractivity contribution is -0.128. The average molecular weight is 341 g/mol.